The minimum atomic E-state index is -3.60. The predicted molar refractivity (Wildman–Crippen MR) is 115 cm³/mol. The molecule has 6 nitrogen and oxygen atoms in total. The Morgan fingerprint density at radius 2 is 1.72 bits per heavy atom. The summed E-state index contributed by atoms with van der Waals surface area (Å²) in [5.41, 5.74) is 3.07. The number of piperidine rings is 1. The van der Waals surface area contributed by atoms with Gasteiger partial charge in [-0.05, 0) is 43.2 Å². The first-order valence-electron chi connectivity index (χ1n) is 8.81. The summed E-state index contributed by atoms with van der Waals surface area (Å²) in [7, 11) is -3.60. The van der Waals surface area contributed by atoms with E-state index in [-0.39, 0.29) is 29.8 Å². The molecule has 0 atom stereocenters. The van der Waals surface area contributed by atoms with Gasteiger partial charge >= 0.3 is 0 Å². The minimum absolute atomic E-state index is 0.188. The van der Waals surface area contributed by atoms with E-state index in [9.17, 15) is 13.2 Å². The number of carbonyl (C=O) groups is 1. The first-order chi connectivity index (χ1) is 13.8. The van der Waals surface area contributed by atoms with Gasteiger partial charge in [0, 0.05) is 29.6 Å². The third-order valence-electron chi connectivity index (χ3n) is 4.64. The van der Waals surface area contributed by atoms with Crippen LogP contribution < -0.4 is 5.43 Å². The van der Waals surface area contributed by atoms with Gasteiger partial charge < -0.3 is 0 Å². The summed E-state index contributed by atoms with van der Waals surface area (Å²) in [5.74, 6) is -0.582. The van der Waals surface area contributed by atoms with Gasteiger partial charge in [0.1, 0.15) is 0 Å². The molecule has 1 amide bonds. The maximum Gasteiger partial charge on any atom is 0.243 e. The van der Waals surface area contributed by atoms with Gasteiger partial charge in [0.25, 0.3) is 0 Å². The highest BCUT2D eigenvalue weighted by Crippen LogP contribution is 2.25. The van der Waals surface area contributed by atoms with E-state index in [2.05, 4.69) is 10.5 Å². The zero-order valence-electron chi connectivity index (χ0n) is 15.2. The second kappa shape index (κ2) is 9.45. The Morgan fingerprint density at radius 1 is 1.07 bits per heavy atom. The maximum atomic E-state index is 12.7. The van der Waals surface area contributed by atoms with E-state index < -0.39 is 10.0 Å². The van der Waals surface area contributed by atoms with Crippen LogP contribution >= 0.6 is 34.8 Å². The van der Waals surface area contributed by atoms with E-state index in [1.54, 1.807) is 30.3 Å². The molecule has 29 heavy (non-hydrogen) atoms. The number of halogens is 3. The number of nitrogens with one attached hydrogen (secondary N) is 1. The molecule has 1 saturated heterocycles. The van der Waals surface area contributed by atoms with Gasteiger partial charge in [-0.2, -0.15) is 9.41 Å². The van der Waals surface area contributed by atoms with Crippen molar-refractivity contribution in [1.82, 2.24) is 9.73 Å². The molecule has 2 aromatic carbocycles. The first-order valence-corrected chi connectivity index (χ1v) is 11.4. The Balaban J connectivity index is 1.56. The highest BCUT2D eigenvalue weighted by molar-refractivity contribution is 7.89. The van der Waals surface area contributed by atoms with Crippen LogP contribution in [0.3, 0.4) is 0 Å². The van der Waals surface area contributed by atoms with Gasteiger partial charge in [-0.1, -0.05) is 46.9 Å². The number of sulfonamides is 1. The molecule has 0 radical (unpaired) electrons. The molecule has 1 aliphatic heterocycles. The van der Waals surface area contributed by atoms with Crippen LogP contribution in [0.2, 0.25) is 15.1 Å². The number of carbonyl (C=O) groups excluding carboxylic acids is 1. The van der Waals surface area contributed by atoms with Crippen molar-refractivity contribution in [2.24, 2.45) is 11.0 Å². The van der Waals surface area contributed by atoms with Crippen LogP contribution in [-0.2, 0) is 14.8 Å². The zero-order chi connectivity index (χ0) is 21.0. The minimum Gasteiger partial charge on any atom is -0.273 e. The van der Waals surface area contributed by atoms with Crippen LogP contribution in [0.1, 0.15) is 18.4 Å². The highest BCUT2D eigenvalue weighted by atomic mass is 35.5. The molecule has 0 spiro atoms. The number of hydrogen-bond acceptors (Lipinski definition) is 4. The molecule has 1 aliphatic rings. The van der Waals surface area contributed by atoms with Crippen LogP contribution in [0.4, 0.5) is 0 Å². The van der Waals surface area contributed by atoms with Gasteiger partial charge in [0.05, 0.1) is 21.2 Å². The van der Waals surface area contributed by atoms with E-state index in [0.717, 1.165) is 0 Å². The Kier molecular flexibility index (Phi) is 7.19. The van der Waals surface area contributed by atoms with Crippen LogP contribution in [-0.4, -0.2) is 37.9 Å². The number of benzene rings is 2. The molecule has 0 saturated carbocycles. The lowest BCUT2D eigenvalue weighted by molar-refractivity contribution is -0.126. The Bertz CT molecular complexity index is 1020. The molecule has 0 aromatic heterocycles. The molecular formula is C19H18Cl3N3O3S. The van der Waals surface area contributed by atoms with E-state index in [4.69, 9.17) is 34.8 Å². The summed E-state index contributed by atoms with van der Waals surface area (Å²) in [5, 5.41) is 5.16. The fourth-order valence-electron chi connectivity index (χ4n) is 2.99. The summed E-state index contributed by atoms with van der Waals surface area (Å²) >= 11 is 17.8. The average molecular weight is 475 g/mol. The van der Waals surface area contributed by atoms with Crippen molar-refractivity contribution in [3.63, 3.8) is 0 Å². The largest absolute Gasteiger partial charge is 0.273 e. The van der Waals surface area contributed by atoms with Gasteiger partial charge in [0.2, 0.25) is 15.9 Å². The van der Waals surface area contributed by atoms with E-state index >= 15 is 0 Å². The zero-order valence-corrected chi connectivity index (χ0v) is 18.3. The number of nitrogens with zero attached hydrogens (tertiary/aromatic N) is 2. The summed E-state index contributed by atoms with van der Waals surface area (Å²) in [4.78, 5) is 12.5. The number of hydrogen-bond donors (Lipinski definition) is 1. The molecule has 1 heterocycles. The SMILES string of the molecule is O=C(N/N=C/c1cccc(Cl)c1Cl)C1CCN(S(=O)(=O)c2ccc(Cl)cc2)CC1. The summed E-state index contributed by atoms with van der Waals surface area (Å²) < 4.78 is 26.8. The molecule has 0 unspecified atom stereocenters. The van der Waals surface area contributed by atoms with Crippen molar-refractivity contribution in [2.75, 3.05) is 13.1 Å². The third kappa shape index (κ3) is 5.29. The van der Waals surface area contributed by atoms with E-state index in [1.807, 2.05) is 0 Å². The van der Waals surface area contributed by atoms with Crippen molar-refractivity contribution in [1.29, 1.82) is 0 Å². The second-order valence-electron chi connectivity index (χ2n) is 6.51. The Labute approximate surface area is 184 Å². The summed E-state index contributed by atoms with van der Waals surface area (Å²) in [6.45, 7) is 0.514. The molecule has 0 aliphatic carbocycles. The van der Waals surface area contributed by atoms with Crippen LogP contribution in [0.25, 0.3) is 0 Å². The van der Waals surface area contributed by atoms with Crippen molar-refractivity contribution in [3.05, 3.63) is 63.1 Å². The maximum absolute atomic E-state index is 12.7. The second-order valence-corrected chi connectivity index (χ2v) is 9.67. The van der Waals surface area contributed by atoms with Gasteiger partial charge in [-0.15, -0.1) is 0 Å². The topological polar surface area (TPSA) is 78.8 Å². The molecule has 154 valence electrons. The summed E-state index contributed by atoms with van der Waals surface area (Å²) in [6, 6.07) is 11.2. The molecule has 10 heteroatoms. The molecular weight excluding hydrogens is 457 g/mol. The highest BCUT2D eigenvalue weighted by Gasteiger charge is 2.32. The molecule has 1 fully saturated rings. The molecule has 1 N–H and O–H groups in total. The van der Waals surface area contributed by atoms with Crippen molar-refractivity contribution in [3.8, 4) is 0 Å². The predicted octanol–water partition coefficient (Wildman–Crippen LogP) is 4.20. The van der Waals surface area contributed by atoms with Crippen LogP contribution in [0.5, 0.6) is 0 Å². The lowest BCUT2D eigenvalue weighted by atomic mass is 9.98. The molecule has 0 bridgehead atoms. The normalized spacial score (nSPS) is 16.2. The number of rotatable bonds is 5. The first kappa shape index (κ1) is 22.1. The Hall–Kier alpha value is -1.64. The van der Waals surface area contributed by atoms with E-state index in [1.165, 1.54) is 22.7 Å². The lowest BCUT2D eigenvalue weighted by Gasteiger charge is -2.30. The van der Waals surface area contributed by atoms with Crippen molar-refractivity contribution >= 4 is 56.9 Å². The molecule has 2 aromatic rings. The van der Waals surface area contributed by atoms with Gasteiger partial charge in [-0.3, -0.25) is 4.79 Å². The van der Waals surface area contributed by atoms with Gasteiger partial charge in [0.15, 0.2) is 0 Å². The smallest absolute Gasteiger partial charge is 0.243 e. The number of hydrazone groups is 1. The lowest BCUT2D eigenvalue weighted by Crippen LogP contribution is -2.42. The fourth-order valence-corrected chi connectivity index (χ4v) is 4.94. The van der Waals surface area contributed by atoms with Crippen LogP contribution in [0.15, 0.2) is 52.5 Å². The van der Waals surface area contributed by atoms with Crippen molar-refractivity contribution in [2.45, 2.75) is 17.7 Å². The quantitative estimate of drug-likeness (QED) is 0.521. The van der Waals surface area contributed by atoms with Crippen molar-refractivity contribution < 1.29 is 13.2 Å². The average Bonchev–Trinajstić information content (AvgIpc) is 2.71. The number of amides is 1. The Morgan fingerprint density at radius 3 is 2.38 bits per heavy atom. The van der Waals surface area contributed by atoms with Crippen LogP contribution in [0, 0.1) is 5.92 Å². The summed E-state index contributed by atoms with van der Waals surface area (Å²) in [6.07, 6.45) is 2.24. The van der Waals surface area contributed by atoms with E-state index in [0.29, 0.717) is 33.5 Å². The fraction of sp³-hybridized carbons (Fsp3) is 0.263. The third-order valence-corrected chi connectivity index (χ3v) is 7.63. The monoisotopic (exact) mass is 473 g/mol. The molecule has 3 rings (SSSR count). The van der Waals surface area contributed by atoms with Gasteiger partial charge in [-0.25, -0.2) is 13.8 Å². The standard InChI is InChI=1S/C19H18Cl3N3O3S/c20-15-4-6-16(7-5-15)29(27,28)25-10-8-13(9-11-25)19(26)24-23-12-14-2-1-3-17(21)18(14)22/h1-7,12-13H,8-11H2,(H,24,26)/b23-12+.